The first kappa shape index (κ1) is 23.6. The maximum Gasteiger partial charge on any atom is 0.271 e. The van der Waals surface area contributed by atoms with Gasteiger partial charge in [0.1, 0.15) is 12.4 Å². The summed E-state index contributed by atoms with van der Waals surface area (Å²) in [7, 11) is 3.00. The Kier molecular flexibility index (Phi) is 7.82. The second-order valence-electron chi connectivity index (χ2n) is 6.67. The van der Waals surface area contributed by atoms with Gasteiger partial charge in [-0.15, -0.1) is 0 Å². The minimum absolute atomic E-state index is 0.0126. The van der Waals surface area contributed by atoms with E-state index < -0.39 is 10.8 Å². The zero-order valence-electron chi connectivity index (χ0n) is 17.8. The monoisotopic (exact) mass is 469 g/mol. The van der Waals surface area contributed by atoms with E-state index in [1.54, 1.807) is 48.5 Å². The van der Waals surface area contributed by atoms with Crippen molar-refractivity contribution in [3.63, 3.8) is 0 Å². The van der Waals surface area contributed by atoms with Crippen LogP contribution >= 0.6 is 11.6 Å². The maximum atomic E-state index is 12.3. The third kappa shape index (κ3) is 6.20. The van der Waals surface area contributed by atoms with Gasteiger partial charge in [0.05, 0.1) is 30.4 Å². The lowest BCUT2D eigenvalue weighted by Gasteiger charge is -2.09. The van der Waals surface area contributed by atoms with Gasteiger partial charge in [0.25, 0.3) is 11.6 Å². The van der Waals surface area contributed by atoms with E-state index >= 15 is 0 Å². The SMILES string of the molecule is COc1ccc(C(=O)N/N=C/c2ccc(OCc3ccc([N+](=O)[O-])cc3)c(Cl)c2)cc1OC. The number of halogens is 1. The first-order chi connectivity index (χ1) is 15.9. The molecule has 10 heteroatoms. The number of benzene rings is 3. The Morgan fingerprint density at radius 2 is 1.73 bits per heavy atom. The Hall–Kier alpha value is -4.11. The van der Waals surface area contributed by atoms with E-state index in [9.17, 15) is 14.9 Å². The topological polar surface area (TPSA) is 112 Å². The number of nitrogens with one attached hydrogen (secondary N) is 1. The van der Waals surface area contributed by atoms with Crippen molar-refractivity contribution in [2.45, 2.75) is 6.61 Å². The number of methoxy groups -OCH3 is 2. The van der Waals surface area contributed by atoms with Crippen LogP contribution < -0.4 is 19.6 Å². The predicted octanol–water partition coefficient (Wildman–Crippen LogP) is 4.61. The molecule has 0 heterocycles. The van der Waals surface area contributed by atoms with Gasteiger partial charge >= 0.3 is 0 Å². The number of amides is 1. The third-order valence-electron chi connectivity index (χ3n) is 4.52. The number of hydrazone groups is 1. The Morgan fingerprint density at radius 3 is 2.36 bits per heavy atom. The Morgan fingerprint density at radius 1 is 1.03 bits per heavy atom. The van der Waals surface area contributed by atoms with E-state index in [2.05, 4.69) is 10.5 Å². The van der Waals surface area contributed by atoms with Gasteiger partial charge in [0, 0.05) is 17.7 Å². The molecule has 33 heavy (non-hydrogen) atoms. The number of nitro benzene ring substituents is 1. The normalized spacial score (nSPS) is 10.6. The number of hydrogen-bond donors (Lipinski definition) is 1. The van der Waals surface area contributed by atoms with Crippen LogP contribution in [-0.4, -0.2) is 31.3 Å². The van der Waals surface area contributed by atoms with Gasteiger partial charge in [-0.05, 0) is 59.7 Å². The van der Waals surface area contributed by atoms with Crippen molar-refractivity contribution in [3.8, 4) is 17.2 Å². The molecule has 0 bridgehead atoms. The minimum Gasteiger partial charge on any atom is -0.493 e. The van der Waals surface area contributed by atoms with E-state index in [0.717, 1.165) is 5.56 Å². The highest BCUT2D eigenvalue weighted by atomic mass is 35.5. The first-order valence-corrected chi connectivity index (χ1v) is 10.00. The smallest absolute Gasteiger partial charge is 0.271 e. The van der Waals surface area contributed by atoms with Gasteiger partial charge < -0.3 is 14.2 Å². The summed E-state index contributed by atoms with van der Waals surface area (Å²) in [5.41, 5.74) is 4.23. The van der Waals surface area contributed by atoms with Crippen LogP contribution in [0.25, 0.3) is 0 Å². The largest absolute Gasteiger partial charge is 0.493 e. The number of nitrogens with zero attached hydrogens (tertiary/aromatic N) is 2. The van der Waals surface area contributed by atoms with E-state index in [1.165, 1.54) is 32.6 Å². The van der Waals surface area contributed by atoms with E-state index in [0.29, 0.717) is 33.4 Å². The fourth-order valence-electron chi connectivity index (χ4n) is 2.80. The molecule has 3 aromatic rings. The molecule has 0 unspecified atom stereocenters. The highest BCUT2D eigenvalue weighted by molar-refractivity contribution is 6.32. The van der Waals surface area contributed by atoms with Gasteiger partial charge in [-0.25, -0.2) is 5.43 Å². The molecule has 0 spiro atoms. The van der Waals surface area contributed by atoms with Crippen molar-refractivity contribution in [1.29, 1.82) is 0 Å². The van der Waals surface area contributed by atoms with Crippen molar-refractivity contribution < 1.29 is 23.9 Å². The van der Waals surface area contributed by atoms with Crippen molar-refractivity contribution in [2.24, 2.45) is 5.10 Å². The quantitative estimate of drug-likeness (QED) is 0.278. The Bertz CT molecular complexity index is 1180. The zero-order chi connectivity index (χ0) is 23.8. The minimum atomic E-state index is -0.460. The third-order valence-corrected chi connectivity index (χ3v) is 4.82. The van der Waals surface area contributed by atoms with Crippen molar-refractivity contribution >= 4 is 29.4 Å². The summed E-state index contributed by atoms with van der Waals surface area (Å²) in [5, 5.41) is 15.0. The molecule has 0 fully saturated rings. The molecule has 1 amide bonds. The fraction of sp³-hybridized carbons (Fsp3) is 0.130. The lowest BCUT2D eigenvalue weighted by atomic mass is 10.2. The second kappa shape index (κ2) is 11.0. The van der Waals surface area contributed by atoms with Gasteiger partial charge in [-0.2, -0.15) is 5.10 Å². The standard InChI is InChI=1S/C23H20ClN3O6/c1-31-21-10-6-17(12-22(21)32-2)23(28)26-25-13-16-5-9-20(19(24)11-16)33-14-15-3-7-18(8-4-15)27(29)30/h3-13H,14H2,1-2H3,(H,26,28)/b25-13+. The van der Waals surface area contributed by atoms with Gasteiger partial charge in [-0.3, -0.25) is 14.9 Å². The summed E-state index contributed by atoms with van der Waals surface area (Å²) in [6.07, 6.45) is 1.45. The lowest BCUT2D eigenvalue weighted by Crippen LogP contribution is -2.17. The van der Waals surface area contributed by atoms with Crippen molar-refractivity contribution in [1.82, 2.24) is 5.43 Å². The molecule has 0 saturated heterocycles. The number of rotatable bonds is 9. The average molecular weight is 470 g/mol. The van der Waals surface area contributed by atoms with Crippen LogP contribution in [0.4, 0.5) is 5.69 Å². The second-order valence-corrected chi connectivity index (χ2v) is 7.08. The van der Waals surface area contributed by atoms with Crippen LogP contribution in [0.3, 0.4) is 0 Å². The summed E-state index contributed by atoms with van der Waals surface area (Å²) in [4.78, 5) is 22.6. The van der Waals surface area contributed by atoms with Gasteiger partial charge in [-0.1, -0.05) is 11.6 Å². The first-order valence-electron chi connectivity index (χ1n) is 9.62. The van der Waals surface area contributed by atoms with Crippen LogP contribution in [0.15, 0.2) is 65.8 Å². The van der Waals surface area contributed by atoms with Crippen LogP contribution in [0.2, 0.25) is 5.02 Å². The molecule has 3 aromatic carbocycles. The predicted molar refractivity (Wildman–Crippen MR) is 123 cm³/mol. The molecule has 9 nitrogen and oxygen atoms in total. The molecule has 0 aliphatic rings. The number of non-ortho nitro benzene ring substituents is 1. The molecular formula is C23H20ClN3O6. The Labute approximate surface area is 194 Å². The van der Waals surface area contributed by atoms with E-state index in [-0.39, 0.29) is 12.3 Å². The number of hydrogen-bond acceptors (Lipinski definition) is 7. The molecular weight excluding hydrogens is 450 g/mol. The molecule has 0 atom stereocenters. The summed E-state index contributed by atoms with van der Waals surface area (Å²) >= 11 is 6.27. The summed E-state index contributed by atoms with van der Waals surface area (Å²) < 4.78 is 16.0. The number of nitro groups is 1. The maximum absolute atomic E-state index is 12.3. The van der Waals surface area contributed by atoms with Crippen LogP contribution in [-0.2, 0) is 6.61 Å². The summed E-state index contributed by atoms with van der Waals surface area (Å²) in [6.45, 7) is 0.201. The molecule has 170 valence electrons. The van der Waals surface area contributed by atoms with Gasteiger partial charge in [0.15, 0.2) is 11.5 Å². The number of ether oxygens (including phenoxy) is 3. The summed E-state index contributed by atoms with van der Waals surface area (Å²) in [6, 6.07) is 15.9. The molecule has 0 aromatic heterocycles. The molecule has 3 rings (SSSR count). The molecule has 0 saturated carbocycles. The van der Waals surface area contributed by atoms with E-state index in [1.807, 2.05) is 0 Å². The lowest BCUT2D eigenvalue weighted by molar-refractivity contribution is -0.384. The molecule has 0 aliphatic heterocycles. The van der Waals surface area contributed by atoms with Crippen LogP contribution in [0.1, 0.15) is 21.5 Å². The van der Waals surface area contributed by atoms with Gasteiger partial charge in [0.2, 0.25) is 0 Å². The number of carbonyl (C=O) groups is 1. The van der Waals surface area contributed by atoms with Crippen molar-refractivity contribution in [3.05, 3.63) is 92.5 Å². The Balaban J connectivity index is 1.58. The molecule has 0 radical (unpaired) electrons. The highest BCUT2D eigenvalue weighted by Crippen LogP contribution is 2.28. The van der Waals surface area contributed by atoms with Crippen LogP contribution in [0, 0.1) is 10.1 Å². The van der Waals surface area contributed by atoms with Crippen molar-refractivity contribution in [2.75, 3.05) is 14.2 Å². The average Bonchev–Trinajstić information content (AvgIpc) is 2.83. The highest BCUT2D eigenvalue weighted by Gasteiger charge is 2.10. The van der Waals surface area contributed by atoms with E-state index in [4.69, 9.17) is 25.8 Å². The number of carbonyl (C=O) groups excluding carboxylic acids is 1. The molecule has 1 N–H and O–H groups in total. The van der Waals surface area contributed by atoms with Crippen LogP contribution in [0.5, 0.6) is 17.2 Å². The zero-order valence-corrected chi connectivity index (χ0v) is 18.5. The fourth-order valence-corrected chi connectivity index (χ4v) is 3.04. The molecule has 0 aliphatic carbocycles. The summed E-state index contributed by atoms with van der Waals surface area (Å²) in [5.74, 6) is 0.983.